The average Bonchev–Trinajstić information content (AvgIpc) is 3.27. The van der Waals surface area contributed by atoms with Crippen LogP contribution in [0.5, 0.6) is 0 Å². The van der Waals surface area contributed by atoms with Gasteiger partial charge in [0.2, 0.25) is 5.91 Å². The largest absolute Gasteiger partial charge is 0.343 e. The van der Waals surface area contributed by atoms with Crippen LogP contribution in [-0.4, -0.2) is 52.8 Å². The lowest BCUT2D eigenvalue weighted by Gasteiger charge is -2.43. The van der Waals surface area contributed by atoms with Crippen LogP contribution in [0.2, 0.25) is 0 Å². The van der Waals surface area contributed by atoms with Crippen molar-refractivity contribution >= 4 is 11.8 Å². The third kappa shape index (κ3) is 3.12. The van der Waals surface area contributed by atoms with Gasteiger partial charge in [0, 0.05) is 38.8 Å². The lowest BCUT2D eigenvalue weighted by molar-refractivity contribution is -0.130. The van der Waals surface area contributed by atoms with Crippen LogP contribution in [0, 0.1) is 18.3 Å². The van der Waals surface area contributed by atoms with Crippen molar-refractivity contribution in [3.05, 3.63) is 29.6 Å². The first-order valence-corrected chi connectivity index (χ1v) is 10.1. The Kier molecular flexibility index (Phi) is 4.72. The van der Waals surface area contributed by atoms with Gasteiger partial charge >= 0.3 is 0 Å². The fourth-order valence-electron chi connectivity index (χ4n) is 5.06. The first kappa shape index (κ1) is 17.5. The molecule has 0 radical (unpaired) electrons. The number of nitrogens with zero attached hydrogens (tertiary/aromatic N) is 3. The second-order valence-electron chi connectivity index (χ2n) is 8.39. The van der Waals surface area contributed by atoms with Crippen LogP contribution in [0.4, 0.5) is 0 Å². The van der Waals surface area contributed by atoms with Gasteiger partial charge in [0.05, 0.1) is 0 Å². The van der Waals surface area contributed by atoms with E-state index in [2.05, 4.69) is 4.98 Å². The van der Waals surface area contributed by atoms with Crippen LogP contribution in [0.3, 0.4) is 0 Å². The number of carbonyl (C=O) groups is 2. The third-order valence-electron chi connectivity index (χ3n) is 6.83. The Bertz CT molecular complexity index is 692. The monoisotopic (exact) mass is 355 g/mol. The number of hydrogen-bond donors (Lipinski definition) is 0. The summed E-state index contributed by atoms with van der Waals surface area (Å²) in [6, 6.07) is 3.82. The van der Waals surface area contributed by atoms with E-state index in [0.29, 0.717) is 23.9 Å². The lowest BCUT2D eigenvalue weighted by Crippen LogP contribution is -2.39. The molecular formula is C21H29N3O2. The van der Waals surface area contributed by atoms with Gasteiger partial charge in [-0.05, 0) is 62.0 Å². The molecule has 2 aliphatic heterocycles. The van der Waals surface area contributed by atoms with Gasteiger partial charge in [0.1, 0.15) is 5.69 Å². The molecule has 3 heterocycles. The van der Waals surface area contributed by atoms with Crippen LogP contribution in [-0.2, 0) is 4.79 Å². The summed E-state index contributed by atoms with van der Waals surface area (Å²) in [6.45, 7) is 5.42. The molecule has 1 aliphatic carbocycles. The minimum absolute atomic E-state index is 0.0581. The van der Waals surface area contributed by atoms with Gasteiger partial charge in [-0.25, -0.2) is 0 Å². The Morgan fingerprint density at radius 3 is 2.62 bits per heavy atom. The zero-order valence-corrected chi connectivity index (χ0v) is 15.7. The molecule has 1 aromatic heterocycles. The lowest BCUT2D eigenvalue weighted by atomic mass is 9.62. The van der Waals surface area contributed by atoms with Gasteiger partial charge in [-0.15, -0.1) is 0 Å². The van der Waals surface area contributed by atoms with Gasteiger partial charge in [0.15, 0.2) is 0 Å². The molecule has 26 heavy (non-hydrogen) atoms. The first-order valence-electron chi connectivity index (χ1n) is 10.1. The predicted molar refractivity (Wildman–Crippen MR) is 99.7 cm³/mol. The highest BCUT2D eigenvalue weighted by molar-refractivity contribution is 5.94. The molecule has 140 valence electrons. The topological polar surface area (TPSA) is 53.5 Å². The van der Waals surface area contributed by atoms with E-state index < -0.39 is 0 Å². The summed E-state index contributed by atoms with van der Waals surface area (Å²) in [4.78, 5) is 33.7. The van der Waals surface area contributed by atoms with Gasteiger partial charge in [-0.2, -0.15) is 0 Å². The number of pyridine rings is 1. The highest BCUT2D eigenvalue weighted by Crippen LogP contribution is 2.53. The second-order valence-corrected chi connectivity index (χ2v) is 8.39. The van der Waals surface area contributed by atoms with Gasteiger partial charge in [0.25, 0.3) is 5.91 Å². The van der Waals surface area contributed by atoms with Crippen molar-refractivity contribution in [2.75, 3.05) is 26.2 Å². The van der Waals surface area contributed by atoms with Crippen LogP contribution < -0.4 is 0 Å². The number of aromatic nitrogens is 1. The molecule has 1 spiro atoms. The average molecular weight is 355 g/mol. The van der Waals surface area contributed by atoms with Crippen molar-refractivity contribution in [2.45, 2.75) is 51.9 Å². The first-order chi connectivity index (χ1) is 12.6. The van der Waals surface area contributed by atoms with E-state index in [9.17, 15) is 9.59 Å². The molecule has 0 bridgehead atoms. The smallest absolute Gasteiger partial charge is 0.272 e. The fourth-order valence-corrected chi connectivity index (χ4v) is 5.06. The molecule has 1 atom stereocenters. The maximum atomic E-state index is 13.0. The molecule has 1 aromatic rings. The second kappa shape index (κ2) is 7.01. The van der Waals surface area contributed by atoms with E-state index in [1.54, 1.807) is 6.20 Å². The Balaban J connectivity index is 1.42. The number of rotatable bonds is 4. The highest BCUT2D eigenvalue weighted by Gasteiger charge is 2.51. The normalized spacial score (nSPS) is 24.1. The maximum absolute atomic E-state index is 13.0. The number of carbonyl (C=O) groups excluding carboxylic acids is 2. The highest BCUT2D eigenvalue weighted by atomic mass is 16.2. The summed E-state index contributed by atoms with van der Waals surface area (Å²) in [5.41, 5.74) is 1.77. The van der Waals surface area contributed by atoms with Gasteiger partial charge in [-0.1, -0.05) is 12.5 Å². The molecule has 4 rings (SSSR count). The minimum atomic E-state index is 0.0581. The molecule has 3 fully saturated rings. The molecule has 1 saturated carbocycles. The van der Waals surface area contributed by atoms with Crippen molar-refractivity contribution in [2.24, 2.45) is 11.3 Å². The van der Waals surface area contributed by atoms with E-state index in [1.165, 1.54) is 19.3 Å². The fraction of sp³-hybridized carbons (Fsp3) is 0.667. The number of likely N-dealkylation sites (tertiary alicyclic amines) is 2. The molecule has 0 aromatic carbocycles. The zero-order chi connectivity index (χ0) is 18.1. The Hall–Kier alpha value is -1.91. The molecule has 3 aliphatic rings. The van der Waals surface area contributed by atoms with E-state index in [-0.39, 0.29) is 11.3 Å². The maximum Gasteiger partial charge on any atom is 0.272 e. The number of hydrogen-bond acceptors (Lipinski definition) is 3. The number of aryl methyl sites for hydroxylation is 1. The van der Waals surface area contributed by atoms with Gasteiger partial charge < -0.3 is 9.80 Å². The molecule has 1 unspecified atom stereocenters. The summed E-state index contributed by atoms with van der Waals surface area (Å²) in [5.74, 6) is 0.820. The van der Waals surface area contributed by atoms with Crippen molar-refractivity contribution in [3.8, 4) is 0 Å². The van der Waals surface area contributed by atoms with Crippen molar-refractivity contribution in [1.82, 2.24) is 14.8 Å². The summed E-state index contributed by atoms with van der Waals surface area (Å²) in [6.07, 6.45) is 9.18. The van der Waals surface area contributed by atoms with Crippen LogP contribution in [0.15, 0.2) is 18.3 Å². The standard InChI is InChI=1S/C21H29N3O2/c1-16-6-4-11-22-19(16)20(26)24-14-17(21(15-24)9-5-10-21)7-8-18(25)23-12-2-3-13-23/h4,6,11,17H,2-3,5,7-10,12-15H2,1H3. The molecule has 5 heteroatoms. The summed E-state index contributed by atoms with van der Waals surface area (Å²) in [7, 11) is 0. The van der Waals surface area contributed by atoms with Crippen LogP contribution in [0.1, 0.15) is 61.0 Å². The molecular weight excluding hydrogens is 326 g/mol. The minimum Gasteiger partial charge on any atom is -0.343 e. The Labute approximate surface area is 155 Å². The number of amides is 2. The quantitative estimate of drug-likeness (QED) is 0.834. The summed E-state index contributed by atoms with van der Waals surface area (Å²) >= 11 is 0. The third-order valence-corrected chi connectivity index (χ3v) is 6.83. The molecule has 5 nitrogen and oxygen atoms in total. The van der Waals surface area contributed by atoms with Crippen molar-refractivity contribution in [1.29, 1.82) is 0 Å². The summed E-state index contributed by atoms with van der Waals surface area (Å²) in [5, 5.41) is 0. The predicted octanol–water partition coefficient (Wildman–Crippen LogP) is 3.03. The van der Waals surface area contributed by atoms with E-state index >= 15 is 0 Å². The van der Waals surface area contributed by atoms with E-state index in [1.807, 2.05) is 28.9 Å². The van der Waals surface area contributed by atoms with E-state index in [0.717, 1.165) is 51.0 Å². The van der Waals surface area contributed by atoms with Crippen molar-refractivity contribution < 1.29 is 9.59 Å². The Morgan fingerprint density at radius 1 is 1.19 bits per heavy atom. The zero-order valence-electron chi connectivity index (χ0n) is 15.7. The molecule has 0 N–H and O–H groups in total. The molecule has 2 saturated heterocycles. The van der Waals surface area contributed by atoms with E-state index in [4.69, 9.17) is 0 Å². The van der Waals surface area contributed by atoms with Crippen molar-refractivity contribution in [3.63, 3.8) is 0 Å². The summed E-state index contributed by atoms with van der Waals surface area (Å²) < 4.78 is 0. The van der Waals surface area contributed by atoms with Gasteiger partial charge in [-0.3, -0.25) is 14.6 Å². The molecule has 2 amide bonds. The SMILES string of the molecule is Cc1cccnc1C(=O)N1CC(CCC(=O)N2CCCC2)C2(CCC2)C1. The van der Waals surface area contributed by atoms with Crippen LogP contribution >= 0.6 is 0 Å². The Morgan fingerprint density at radius 2 is 1.96 bits per heavy atom. The van der Waals surface area contributed by atoms with Crippen LogP contribution in [0.25, 0.3) is 0 Å².